The first-order valence-corrected chi connectivity index (χ1v) is 11.4. The first kappa shape index (κ1) is 24.8. The van der Waals surface area contributed by atoms with Crippen molar-refractivity contribution < 1.29 is 14.3 Å². The predicted molar refractivity (Wildman–Crippen MR) is 132 cm³/mol. The van der Waals surface area contributed by atoms with Crippen LogP contribution in [0.4, 0.5) is 4.79 Å². The summed E-state index contributed by atoms with van der Waals surface area (Å²) < 4.78 is 13.0. The number of pyridine rings is 2. The predicted octanol–water partition coefficient (Wildman–Crippen LogP) is 5.37. The van der Waals surface area contributed by atoms with Gasteiger partial charge in [-0.25, -0.2) is 4.79 Å². The van der Waals surface area contributed by atoms with Gasteiger partial charge in [0.25, 0.3) is 5.56 Å². The first-order chi connectivity index (χ1) is 15.4. The maximum atomic E-state index is 13.1. The molecule has 0 spiro atoms. The highest BCUT2D eigenvalue weighted by Gasteiger charge is 2.21. The highest BCUT2D eigenvalue weighted by Crippen LogP contribution is 2.33. The Morgan fingerprint density at radius 2 is 1.91 bits per heavy atom. The van der Waals surface area contributed by atoms with Gasteiger partial charge in [-0.15, -0.1) is 0 Å². The number of nitrogens with zero attached hydrogens (tertiary/aromatic N) is 2. The molecule has 0 saturated heterocycles. The molecule has 1 amide bonds. The molecule has 0 aliphatic carbocycles. The Kier molecular flexibility index (Phi) is 7.22. The third-order valence-corrected chi connectivity index (χ3v) is 5.55. The third kappa shape index (κ3) is 5.77. The minimum Gasteiger partial charge on any atom is -0.490 e. The number of nitrogens with one attached hydrogen (secondary N) is 1. The van der Waals surface area contributed by atoms with Crippen molar-refractivity contribution in [1.29, 1.82) is 0 Å². The molecule has 0 aliphatic heterocycles. The SMILES string of the molecule is Cc1nccc2c3cc(Cl)c(OC[C@H](CC(C)C)NC(=O)OC(C)(C)C)cc3c(=O)n(C)c12. The molecule has 1 aromatic carbocycles. The molecule has 7 nitrogen and oxygen atoms in total. The fourth-order valence-corrected chi connectivity index (χ4v) is 4.17. The molecule has 2 heterocycles. The second kappa shape index (κ2) is 9.59. The lowest BCUT2D eigenvalue weighted by Gasteiger charge is -2.25. The number of hydrogen-bond acceptors (Lipinski definition) is 5. The van der Waals surface area contributed by atoms with E-state index in [1.54, 1.807) is 29.9 Å². The van der Waals surface area contributed by atoms with E-state index in [4.69, 9.17) is 21.1 Å². The van der Waals surface area contributed by atoms with Crippen molar-refractivity contribution in [3.63, 3.8) is 0 Å². The maximum absolute atomic E-state index is 13.1. The van der Waals surface area contributed by atoms with Crippen LogP contribution in [-0.2, 0) is 11.8 Å². The molecular weight excluding hydrogens is 442 g/mol. The summed E-state index contributed by atoms with van der Waals surface area (Å²) in [5.74, 6) is 0.724. The molecule has 1 atom stereocenters. The number of halogens is 1. The molecule has 1 N–H and O–H groups in total. The molecule has 178 valence electrons. The van der Waals surface area contributed by atoms with Crippen LogP contribution >= 0.6 is 11.6 Å². The van der Waals surface area contributed by atoms with E-state index in [1.807, 2.05) is 33.8 Å². The van der Waals surface area contributed by atoms with Gasteiger partial charge in [-0.1, -0.05) is 25.4 Å². The van der Waals surface area contributed by atoms with E-state index < -0.39 is 11.7 Å². The van der Waals surface area contributed by atoms with E-state index in [0.717, 1.165) is 22.0 Å². The Bertz CT molecular complexity index is 1240. The quantitative estimate of drug-likeness (QED) is 0.487. The van der Waals surface area contributed by atoms with Crippen molar-refractivity contribution in [2.45, 2.75) is 59.6 Å². The second-order valence-electron chi connectivity index (χ2n) is 9.77. The molecule has 2 aromatic heterocycles. The molecule has 3 aromatic rings. The molecule has 0 saturated carbocycles. The molecule has 0 aliphatic rings. The highest BCUT2D eigenvalue weighted by molar-refractivity contribution is 6.33. The van der Waals surface area contributed by atoms with E-state index in [1.165, 1.54) is 0 Å². The minimum atomic E-state index is -0.592. The first-order valence-electron chi connectivity index (χ1n) is 11.1. The summed E-state index contributed by atoms with van der Waals surface area (Å²) in [5.41, 5.74) is 0.806. The van der Waals surface area contributed by atoms with Crippen LogP contribution in [0, 0.1) is 12.8 Å². The summed E-state index contributed by atoms with van der Waals surface area (Å²) in [5, 5.41) is 5.44. The van der Waals surface area contributed by atoms with E-state index in [0.29, 0.717) is 28.5 Å². The highest BCUT2D eigenvalue weighted by atomic mass is 35.5. The van der Waals surface area contributed by atoms with Gasteiger partial charge in [0, 0.05) is 18.6 Å². The number of aryl methyl sites for hydroxylation is 2. The van der Waals surface area contributed by atoms with Gasteiger partial charge in [-0.05, 0) is 63.6 Å². The van der Waals surface area contributed by atoms with Gasteiger partial charge in [0.2, 0.25) is 0 Å². The van der Waals surface area contributed by atoms with Crippen molar-refractivity contribution >= 4 is 39.4 Å². The zero-order valence-corrected chi connectivity index (χ0v) is 21.0. The van der Waals surface area contributed by atoms with E-state index in [-0.39, 0.29) is 18.2 Å². The average molecular weight is 474 g/mol. The van der Waals surface area contributed by atoms with Crippen molar-refractivity contribution in [3.05, 3.63) is 45.5 Å². The van der Waals surface area contributed by atoms with Gasteiger partial charge < -0.3 is 19.4 Å². The summed E-state index contributed by atoms with van der Waals surface area (Å²) >= 11 is 6.56. The summed E-state index contributed by atoms with van der Waals surface area (Å²) in [6.07, 6.45) is 1.92. The molecule has 0 bridgehead atoms. The monoisotopic (exact) mass is 473 g/mol. The Morgan fingerprint density at radius 1 is 1.21 bits per heavy atom. The van der Waals surface area contributed by atoms with Crippen LogP contribution < -0.4 is 15.6 Å². The summed E-state index contributed by atoms with van der Waals surface area (Å²) in [6, 6.07) is 5.04. The smallest absolute Gasteiger partial charge is 0.407 e. The van der Waals surface area contributed by atoms with E-state index >= 15 is 0 Å². The summed E-state index contributed by atoms with van der Waals surface area (Å²) in [6.45, 7) is 11.7. The number of rotatable bonds is 6. The number of carbonyl (C=O) groups is 1. The largest absolute Gasteiger partial charge is 0.490 e. The fraction of sp³-hybridized carbons (Fsp3) is 0.480. The van der Waals surface area contributed by atoms with Crippen LogP contribution in [0.25, 0.3) is 21.7 Å². The van der Waals surface area contributed by atoms with Crippen molar-refractivity contribution in [1.82, 2.24) is 14.9 Å². The van der Waals surface area contributed by atoms with Crippen molar-refractivity contribution in [3.8, 4) is 5.75 Å². The van der Waals surface area contributed by atoms with Crippen LogP contribution in [0.15, 0.2) is 29.2 Å². The molecule has 0 fully saturated rings. The number of hydrogen-bond donors (Lipinski definition) is 1. The second-order valence-corrected chi connectivity index (χ2v) is 10.2. The van der Waals surface area contributed by atoms with Crippen molar-refractivity contribution in [2.24, 2.45) is 13.0 Å². The third-order valence-electron chi connectivity index (χ3n) is 5.26. The number of alkyl carbamates (subject to hydrolysis) is 1. The molecule has 8 heteroatoms. The normalized spacial score (nSPS) is 12.9. The van der Waals surface area contributed by atoms with E-state index in [9.17, 15) is 9.59 Å². The van der Waals surface area contributed by atoms with Gasteiger partial charge in [0.05, 0.1) is 27.7 Å². The Labute approximate surface area is 199 Å². The maximum Gasteiger partial charge on any atom is 0.407 e. The van der Waals surface area contributed by atoms with Crippen LogP contribution in [0.3, 0.4) is 0 Å². The molecular formula is C25H32ClN3O4. The molecule has 0 unspecified atom stereocenters. The molecule has 33 heavy (non-hydrogen) atoms. The molecule has 3 rings (SSSR count). The number of fused-ring (bicyclic) bond motifs is 3. The van der Waals surface area contributed by atoms with Crippen LogP contribution in [0.1, 0.15) is 46.7 Å². The van der Waals surface area contributed by atoms with Gasteiger partial charge in [-0.3, -0.25) is 9.78 Å². The fourth-order valence-electron chi connectivity index (χ4n) is 3.95. The Hall–Kier alpha value is -2.80. The molecule has 0 radical (unpaired) electrons. The zero-order chi connectivity index (χ0) is 24.5. The zero-order valence-electron chi connectivity index (χ0n) is 20.3. The Morgan fingerprint density at radius 3 is 2.55 bits per heavy atom. The number of amides is 1. The van der Waals surface area contributed by atoms with E-state index in [2.05, 4.69) is 24.1 Å². The van der Waals surface area contributed by atoms with Crippen LogP contribution in [0.2, 0.25) is 5.02 Å². The van der Waals surface area contributed by atoms with Gasteiger partial charge in [0.1, 0.15) is 18.0 Å². The lowest BCUT2D eigenvalue weighted by atomic mass is 10.0. The minimum absolute atomic E-state index is 0.152. The van der Waals surface area contributed by atoms with Crippen LogP contribution in [0.5, 0.6) is 5.75 Å². The number of ether oxygens (including phenoxy) is 2. The number of benzene rings is 1. The number of aromatic nitrogens is 2. The van der Waals surface area contributed by atoms with Crippen LogP contribution in [-0.4, -0.2) is 33.9 Å². The van der Waals surface area contributed by atoms with Crippen molar-refractivity contribution in [2.75, 3.05) is 6.61 Å². The lowest BCUT2D eigenvalue weighted by molar-refractivity contribution is 0.0480. The topological polar surface area (TPSA) is 82.5 Å². The summed E-state index contributed by atoms with van der Waals surface area (Å²) in [7, 11) is 1.73. The Balaban J connectivity index is 1.92. The number of carbonyl (C=O) groups excluding carboxylic acids is 1. The van der Waals surface area contributed by atoms with Gasteiger partial charge in [0.15, 0.2) is 0 Å². The lowest BCUT2D eigenvalue weighted by Crippen LogP contribution is -2.42. The summed E-state index contributed by atoms with van der Waals surface area (Å²) in [4.78, 5) is 29.7. The standard InChI is InChI=1S/C25H32ClN3O4/c1-14(2)10-16(28-24(31)33-25(4,5)6)13-32-21-12-19-18(11-20(21)26)17-8-9-27-15(3)22(17)29(7)23(19)30/h8-9,11-12,14,16H,10,13H2,1-7H3,(H,28,31)/t16-/m0/s1. The average Bonchev–Trinajstić information content (AvgIpc) is 2.68. The van der Waals surface area contributed by atoms with Gasteiger partial charge in [-0.2, -0.15) is 0 Å². The van der Waals surface area contributed by atoms with Gasteiger partial charge >= 0.3 is 6.09 Å².